The zero-order valence-corrected chi connectivity index (χ0v) is 18.9. The number of Topliss-reactive ketones (excluding diaryl/α,β-unsaturated/α-hetero) is 1. The van der Waals surface area contributed by atoms with Gasteiger partial charge in [0.05, 0.1) is 17.9 Å². The predicted octanol–water partition coefficient (Wildman–Crippen LogP) is 4.43. The molecule has 7 heteroatoms. The lowest BCUT2D eigenvalue weighted by Gasteiger charge is -2.24. The van der Waals surface area contributed by atoms with Crippen LogP contribution in [0, 0.1) is 0 Å². The zero-order valence-electron chi connectivity index (χ0n) is 18.9. The number of carbonyl (C=O) groups excluding carboxylic acids is 2. The molecular weight excluding hydrogens is 432 g/mol. The fourth-order valence-corrected chi connectivity index (χ4v) is 4.51. The Morgan fingerprint density at radius 3 is 2.65 bits per heavy atom. The first-order valence-electron chi connectivity index (χ1n) is 11.2. The summed E-state index contributed by atoms with van der Waals surface area (Å²) >= 11 is 0. The first-order chi connectivity index (χ1) is 16.5. The van der Waals surface area contributed by atoms with E-state index >= 15 is 0 Å². The van der Waals surface area contributed by atoms with Crippen molar-refractivity contribution in [1.82, 2.24) is 4.98 Å². The lowest BCUT2D eigenvalue weighted by molar-refractivity contribution is -0.132. The second kappa shape index (κ2) is 8.67. The minimum Gasteiger partial charge on any atom is -0.507 e. The van der Waals surface area contributed by atoms with Gasteiger partial charge in [-0.1, -0.05) is 6.07 Å². The molecule has 2 aliphatic heterocycles. The van der Waals surface area contributed by atoms with Gasteiger partial charge in [0.25, 0.3) is 11.7 Å². The van der Waals surface area contributed by atoms with Crippen LogP contribution in [0.15, 0.2) is 72.4 Å². The number of rotatable bonds is 5. The summed E-state index contributed by atoms with van der Waals surface area (Å²) in [5.41, 5.74) is 2.41. The summed E-state index contributed by atoms with van der Waals surface area (Å²) in [6.07, 6.45) is 2.36. The highest BCUT2D eigenvalue weighted by molar-refractivity contribution is 6.51. The van der Waals surface area contributed by atoms with Crippen molar-refractivity contribution in [2.24, 2.45) is 0 Å². The lowest BCUT2D eigenvalue weighted by Crippen LogP contribution is -2.29. The quantitative estimate of drug-likeness (QED) is 0.347. The molecule has 172 valence electrons. The van der Waals surface area contributed by atoms with Crippen LogP contribution in [-0.4, -0.2) is 34.5 Å². The number of nitrogens with zero attached hydrogens (tertiary/aromatic N) is 2. The smallest absolute Gasteiger partial charge is 0.300 e. The van der Waals surface area contributed by atoms with E-state index in [0.717, 1.165) is 11.3 Å². The Balaban J connectivity index is 1.63. The Kier molecular flexibility index (Phi) is 5.53. The van der Waals surface area contributed by atoms with Gasteiger partial charge in [0.2, 0.25) is 0 Å². The SMILES string of the molecule is CCOc1ccc(N2C(=O)C(=O)/C(=C(\O)c3ccc4c(c3)CC(C)O4)C2c2ccccn2)cc1. The van der Waals surface area contributed by atoms with Crippen molar-refractivity contribution >= 4 is 23.1 Å². The van der Waals surface area contributed by atoms with Gasteiger partial charge in [-0.2, -0.15) is 0 Å². The summed E-state index contributed by atoms with van der Waals surface area (Å²) in [5.74, 6) is -0.289. The van der Waals surface area contributed by atoms with Crippen molar-refractivity contribution in [1.29, 1.82) is 0 Å². The standard InChI is InChI=1S/C27H24N2O5/c1-3-33-20-10-8-19(9-11-20)29-24(21-6-4-5-13-28-21)23(26(31)27(29)32)25(30)17-7-12-22-18(15-17)14-16(2)34-22/h4-13,15-16,24,30H,3,14H2,1-2H3/b25-23-. The molecule has 3 heterocycles. The number of hydrogen-bond donors (Lipinski definition) is 1. The van der Waals surface area contributed by atoms with E-state index in [1.54, 1.807) is 60.8 Å². The van der Waals surface area contributed by atoms with Gasteiger partial charge in [0.1, 0.15) is 29.4 Å². The third-order valence-electron chi connectivity index (χ3n) is 6.01. The van der Waals surface area contributed by atoms with Gasteiger partial charge in [-0.05, 0) is 74.0 Å². The van der Waals surface area contributed by atoms with E-state index in [-0.39, 0.29) is 17.4 Å². The Hall–Kier alpha value is -4.13. The highest BCUT2D eigenvalue weighted by Crippen LogP contribution is 2.42. The van der Waals surface area contributed by atoms with Crippen LogP contribution in [0.1, 0.15) is 36.7 Å². The molecule has 1 aromatic heterocycles. The molecule has 7 nitrogen and oxygen atoms in total. The third kappa shape index (κ3) is 3.69. The first-order valence-corrected chi connectivity index (χ1v) is 11.2. The largest absolute Gasteiger partial charge is 0.507 e. The van der Waals surface area contributed by atoms with E-state index in [1.165, 1.54) is 4.90 Å². The molecule has 5 rings (SSSR count). The molecule has 2 aromatic carbocycles. The van der Waals surface area contributed by atoms with E-state index in [1.807, 2.05) is 19.9 Å². The summed E-state index contributed by atoms with van der Waals surface area (Å²) in [7, 11) is 0. The Bertz CT molecular complexity index is 1280. The third-order valence-corrected chi connectivity index (χ3v) is 6.01. The van der Waals surface area contributed by atoms with Crippen LogP contribution < -0.4 is 14.4 Å². The Labute approximate surface area is 197 Å². The van der Waals surface area contributed by atoms with E-state index < -0.39 is 17.7 Å². The second-order valence-corrected chi connectivity index (χ2v) is 8.31. The molecule has 0 aliphatic carbocycles. The molecular formula is C27H24N2O5. The van der Waals surface area contributed by atoms with Gasteiger partial charge < -0.3 is 14.6 Å². The summed E-state index contributed by atoms with van der Waals surface area (Å²) < 4.78 is 11.3. The minimum atomic E-state index is -0.873. The van der Waals surface area contributed by atoms with Gasteiger partial charge in [-0.25, -0.2) is 0 Å². The number of aliphatic hydroxyl groups is 1. The molecule has 1 saturated heterocycles. The van der Waals surface area contributed by atoms with Crippen LogP contribution in [0.2, 0.25) is 0 Å². The fourth-order valence-electron chi connectivity index (χ4n) is 4.51. The molecule has 0 radical (unpaired) electrons. The highest BCUT2D eigenvalue weighted by Gasteiger charge is 2.47. The van der Waals surface area contributed by atoms with Crippen LogP contribution in [-0.2, 0) is 16.0 Å². The molecule has 0 saturated carbocycles. The fraction of sp³-hybridized carbons (Fsp3) is 0.222. The number of ketones is 1. The van der Waals surface area contributed by atoms with Crippen LogP contribution in [0.5, 0.6) is 11.5 Å². The minimum absolute atomic E-state index is 0.00417. The van der Waals surface area contributed by atoms with Crippen molar-refractivity contribution in [3.63, 3.8) is 0 Å². The van der Waals surface area contributed by atoms with Crippen molar-refractivity contribution in [2.45, 2.75) is 32.4 Å². The van der Waals surface area contributed by atoms with E-state index in [4.69, 9.17) is 9.47 Å². The maximum Gasteiger partial charge on any atom is 0.300 e. The van der Waals surface area contributed by atoms with Gasteiger partial charge in [-0.3, -0.25) is 19.5 Å². The maximum absolute atomic E-state index is 13.3. The van der Waals surface area contributed by atoms with E-state index in [9.17, 15) is 14.7 Å². The van der Waals surface area contributed by atoms with Crippen molar-refractivity contribution in [2.75, 3.05) is 11.5 Å². The number of aliphatic hydroxyl groups excluding tert-OH is 1. The second-order valence-electron chi connectivity index (χ2n) is 8.31. The lowest BCUT2D eigenvalue weighted by atomic mass is 9.96. The molecule has 3 aromatic rings. The van der Waals surface area contributed by atoms with Crippen LogP contribution in [0.3, 0.4) is 0 Å². The number of anilines is 1. The van der Waals surface area contributed by atoms with Gasteiger partial charge in [0, 0.05) is 23.9 Å². The zero-order chi connectivity index (χ0) is 23.8. The average molecular weight is 456 g/mol. The average Bonchev–Trinajstić information content (AvgIpc) is 3.35. The van der Waals surface area contributed by atoms with Gasteiger partial charge in [0.15, 0.2) is 0 Å². The Morgan fingerprint density at radius 2 is 1.94 bits per heavy atom. The monoisotopic (exact) mass is 456 g/mol. The maximum atomic E-state index is 13.3. The number of fused-ring (bicyclic) bond motifs is 1. The molecule has 34 heavy (non-hydrogen) atoms. The van der Waals surface area contributed by atoms with Gasteiger partial charge >= 0.3 is 0 Å². The van der Waals surface area contributed by atoms with Crippen molar-refractivity contribution in [3.05, 3.63) is 89.3 Å². The number of ether oxygens (including phenoxy) is 2. The van der Waals surface area contributed by atoms with Gasteiger partial charge in [-0.15, -0.1) is 0 Å². The molecule has 2 unspecified atom stereocenters. The van der Waals surface area contributed by atoms with E-state index in [2.05, 4.69) is 4.98 Å². The normalized spacial score (nSPS) is 20.8. The predicted molar refractivity (Wildman–Crippen MR) is 127 cm³/mol. The van der Waals surface area contributed by atoms with Crippen LogP contribution >= 0.6 is 0 Å². The molecule has 2 aliphatic rings. The van der Waals surface area contributed by atoms with Crippen molar-refractivity contribution in [3.8, 4) is 11.5 Å². The molecule has 1 amide bonds. The molecule has 1 fully saturated rings. The number of benzene rings is 2. The molecule has 0 bridgehead atoms. The topological polar surface area (TPSA) is 89.0 Å². The number of hydrogen-bond acceptors (Lipinski definition) is 6. The van der Waals surface area contributed by atoms with Crippen molar-refractivity contribution < 1.29 is 24.2 Å². The number of aromatic nitrogens is 1. The number of amides is 1. The highest BCUT2D eigenvalue weighted by atomic mass is 16.5. The first kappa shape index (κ1) is 21.7. The summed E-state index contributed by atoms with van der Waals surface area (Å²) in [6, 6.07) is 16.6. The molecule has 1 N–H and O–H groups in total. The van der Waals surface area contributed by atoms with E-state index in [0.29, 0.717) is 35.7 Å². The summed E-state index contributed by atoms with van der Waals surface area (Å²) in [6.45, 7) is 4.38. The number of carbonyl (C=O) groups is 2. The Morgan fingerprint density at radius 1 is 1.15 bits per heavy atom. The summed E-state index contributed by atoms with van der Waals surface area (Å²) in [4.78, 5) is 32.3. The molecule has 2 atom stereocenters. The van der Waals surface area contributed by atoms with Crippen LogP contribution in [0.4, 0.5) is 5.69 Å². The molecule has 0 spiro atoms. The summed E-state index contributed by atoms with van der Waals surface area (Å²) in [5, 5.41) is 11.3. The van der Waals surface area contributed by atoms with Crippen LogP contribution in [0.25, 0.3) is 5.76 Å². The number of pyridine rings is 1.